The number of H-pyrrole nitrogens is 1. The third kappa shape index (κ3) is 5.12. The van der Waals surface area contributed by atoms with Crippen molar-refractivity contribution in [2.75, 3.05) is 19.0 Å². The maximum absolute atomic E-state index is 12.6. The van der Waals surface area contributed by atoms with Crippen LogP contribution >= 0.6 is 0 Å². The molecule has 170 valence electrons. The van der Waals surface area contributed by atoms with Crippen LogP contribution < -0.4 is 20.3 Å². The van der Waals surface area contributed by atoms with Gasteiger partial charge < -0.3 is 19.2 Å². The molecular formula is C23H23N5O5. The van der Waals surface area contributed by atoms with Crippen molar-refractivity contribution in [2.45, 2.75) is 19.8 Å². The number of furan rings is 1. The second-order valence-electron chi connectivity index (χ2n) is 7.46. The molecule has 33 heavy (non-hydrogen) atoms. The number of nitrogens with zero attached hydrogens (tertiary/aromatic N) is 3. The highest BCUT2D eigenvalue weighted by molar-refractivity contribution is 5.91. The van der Waals surface area contributed by atoms with Crippen LogP contribution in [0.15, 0.2) is 64.0 Å². The number of hydrogen-bond acceptors (Lipinski definition) is 7. The van der Waals surface area contributed by atoms with Crippen LogP contribution in [0.1, 0.15) is 25.5 Å². The molecule has 1 aromatic carbocycles. The topological polar surface area (TPSA) is 124 Å². The Morgan fingerprint density at radius 1 is 1.18 bits per heavy atom. The van der Waals surface area contributed by atoms with Crippen LogP contribution in [0.25, 0.3) is 17.4 Å². The molecule has 0 fully saturated rings. The third-order valence-electron chi connectivity index (χ3n) is 4.72. The number of carbonyl (C=O) groups is 1. The first-order valence-electron chi connectivity index (χ1n) is 10.2. The van der Waals surface area contributed by atoms with Crippen molar-refractivity contribution in [1.82, 2.24) is 19.7 Å². The van der Waals surface area contributed by atoms with Gasteiger partial charge in [-0.15, -0.1) is 0 Å². The summed E-state index contributed by atoms with van der Waals surface area (Å²) in [6.45, 7) is 3.63. The van der Waals surface area contributed by atoms with Crippen LogP contribution in [0.3, 0.4) is 0 Å². The van der Waals surface area contributed by atoms with Crippen LogP contribution in [0, 0.1) is 0 Å². The first-order valence-corrected chi connectivity index (χ1v) is 10.2. The normalized spacial score (nSPS) is 10.9. The maximum atomic E-state index is 12.6. The van der Waals surface area contributed by atoms with Gasteiger partial charge in [-0.2, -0.15) is 9.78 Å². The molecule has 3 heterocycles. The van der Waals surface area contributed by atoms with Crippen molar-refractivity contribution in [3.05, 3.63) is 70.8 Å². The number of aromatic nitrogens is 4. The number of nitrogens with one attached hydrogen (secondary N) is 2. The second kappa shape index (κ2) is 9.43. The highest BCUT2D eigenvalue weighted by atomic mass is 16.5. The lowest BCUT2D eigenvalue weighted by Crippen LogP contribution is -2.23. The van der Waals surface area contributed by atoms with Gasteiger partial charge in [0.1, 0.15) is 23.0 Å². The Morgan fingerprint density at radius 3 is 2.61 bits per heavy atom. The fraction of sp³-hybridized carbons (Fsp3) is 0.217. The van der Waals surface area contributed by atoms with E-state index in [1.165, 1.54) is 17.0 Å². The molecule has 0 radical (unpaired) electrons. The summed E-state index contributed by atoms with van der Waals surface area (Å²) in [7, 11) is 1.57. The van der Waals surface area contributed by atoms with Gasteiger partial charge in [-0.05, 0) is 42.3 Å². The second-order valence-corrected chi connectivity index (χ2v) is 7.46. The van der Waals surface area contributed by atoms with Gasteiger partial charge in [0.15, 0.2) is 12.4 Å². The zero-order valence-electron chi connectivity index (χ0n) is 18.4. The minimum absolute atomic E-state index is 0.0297. The largest absolute Gasteiger partial charge is 0.497 e. The molecule has 0 unspecified atom stereocenters. The minimum atomic E-state index is -0.416. The van der Waals surface area contributed by atoms with E-state index in [0.29, 0.717) is 34.5 Å². The van der Waals surface area contributed by atoms with Gasteiger partial charge in [0.25, 0.3) is 11.5 Å². The van der Waals surface area contributed by atoms with Gasteiger partial charge in [-0.1, -0.05) is 13.8 Å². The molecule has 10 heteroatoms. The Hall–Kier alpha value is -4.34. The minimum Gasteiger partial charge on any atom is -0.497 e. The molecule has 0 aliphatic carbocycles. The third-order valence-corrected chi connectivity index (χ3v) is 4.72. The SMILES string of the molecule is COc1ccc(OCC(=O)Nc2cc(-c3ccco3)nn2-c2nc(C(C)C)cc(=O)[nH]2)cc1. The lowest BCUT2D eigenvalue weighted by Gasteiger charge is -2.11. The van der Waals surface area contributed by atoms with Crippen molar-refractivity contribution in [3.63, 3.8) is 0 Å². The van der Waals surface area contributed by atoms with E-state index in [0.717, 1.165) is 0 Å². The summed E-state index contributed by atoms with van der Waals surface area (Å²) in [5.74, 6) is 1.80. The molecule has 0 aliphatic heterocycles. The molecule has 1 amide bonds. The van der Waals surface area contributed by atoms with Crippen molar-refractivity contribution < 1.29 is 18.7 Å². The molecule has 4 rings (SSSR count). The van der Waals surface area contributed by atoms with Crippen LogP contribution in [0.2, 0.25) is 0 Å². The Labute approximate surface area is 189 Å². The summed E-state index contributed by atoms with van der Waals surface area (Å²) in [5, 5.41) is 7.24. The van der Waals surface area contributed by atoms with Crippen LogP contribution in [-0.2, 0) is 4.79 Å². The Kier molecular flexibility index (Phi) is 6.25. The van der Waals surface area contributed by atoms with Crippen molar-refractivity contribution in [1.29, 1.82) is 0 Å². The van der Waals surface area contributed by atoms with E-state index >= 15 is 0 Å². The first-order chi connectivity index (χ1) is 15.9. The molecule has 0 saturated carbocycles. The molecule has 4 aromatic rings. The van der Waals surface area contributed by atoms with Gasteiger partial charge in [-0.3, -0.25) is 14.6 Å². The lowest BCUT2D eigenvalue weighted by atomic mass is 10.1. The zero-order chi connectivity index (χ0) is 23.4. The average molecular weight is 449 g/mol. The summed E-state index contributed by atoms with van der Waals surface area (Å²) >= 11 is 0. The molecule has 0 bridgehead atoms. The molecule has 0 atom stereocenters. The smallest absolute Gasteiger partial charge is 0.263 e. The predicted molar refractivity (Wildman–Crippen MR) is 121 cm³/mol. The van der Waals surface area contributed by atoms with Gasteiger partial charge in [-0.25, -0.2) is 4.98 Å². The summed E-state index contributed by atoms with van der Waals surface area (Å²) in [6.07, 6.45) is 1.52. The molecule has 0 spiro atoms. The van der Waals surface area contributed by atoms with Gasteiger partial charge in [0.05, 0.1) is 19.1 Å². The van der Waals surface area contributed by atoms with E-state index in [9.17, 15) is 9.59 Å². The van der Waals surface area contributed by atoms with Gasteiger partial charge >= 0.3 is 0 Å². The number of methoxy groups -OCH3 is 1. The Morgan fingerprint density at radius 2 is 1.94 bits per heavy atom. The number of benzene rings is 1. The van der Waals surface area contributed by atoms with Crippen molar-refractivity contribution >= 4 is 11.7 Å². The van der Waals surface area contributed by atoms with Crippen LogP contribution in [0.4, 0.5) is 5.82 Å². The maximum Gasteiger partial charge on any atom is 0.263 e. The molecule has 2 N–H and O–H groups in total. The van der Waals surface area contributed by atoms with E-state index < -0.39 is 5.91 Å². The number of aromatic amines is 1. The molecule has 10 nitrogen and oxygen atoms in total. The Bertz CT molecular complexity index is 1290. The first kappa shape index (κ1) is 21.9. The molecule has 0 aliphatic rings. The fourth-order valence-corrected chi connectivity index (χ4v) is 3.04. The van der Waals surface area contributed by atoms with E-state index in [-0.39, 0.29) is 24.0 Å². The monoisotopic (exact) mass is 449 g/mol. The standard InChI is InChI=1S/C23H23N5O5/c1-14(2)17-12-21(29)26-23(24-17)28-20(11-18(27-28)19-5-4-10-32-19)25-22(30)13-33-16-8-6-15(31-3)7-9-16/h4-12,14H,13H2,1-3H3,(H,25,30)(H,24,26,29). The number of amides is 1. The number of hydrogen-bond donors (Lipinski definition) is 2. The van der Waals surface area contributed by atoms with Gasteiger partial charge in [0.2, 0.25) is 5.95 Å². The predicted octanol–water partition coefficient (Wildman–Crippen LogP) is 3.37. The highest BCUT2D eigenvalue weighted by Gasteiger charge is 2.18. The number of anilines is 1. The Balaban J connectivity index is 1.60. The van der Waals surface area contributed by atoms with Gasteiger partial charge in [0, 0.05) is 12.1 Å². The number of rotatable bonds is 8. The van der Waals surface area contributed by atoms with E-state index in [4.69, 9.17) is 13.9 Å². The average Bonchev–Trinajstić information content (AvgIpc) is 3.48. The summed E-state index contributed by atoms with van der Waals surface area (Å²) < 4.78 is 17.4. The molecule has 0 saturated heterocycles. The van der Waals surface area contributed by atoms with E-state index in [1.54, 1.807) is 49.6 Å². The van der Waals surface area contributed by atoms with Crippen LogP contribution in [0.5, 0.6) is 11.5 Å². The summed E-state index contributed by atoms with van der Waals surface area (Å²) in [4.78, 5) is 32.0. The number of ether oxygens (including phenoxy) is 2. The summed E-state index contributed by atoms with van der Waals surface area (Å²) in [6, 6.07) is 13.4. The number of carbonyl (C=O) groups excluding carboxylic acids is 1. The molecular weight excluding hydrogens is 426 g/mol. The van der Waals surface area contributed by atoms with E-state index in [2.05, 4.69) is 20.4 Å². The fourth-order valence-electron chi connectivity index (χ4n) is 3.04. The lowest BCUT2D eigenvalue weighted by molar-refractivity contribution is -0.118. The summed E-state index contributed by atoms with van der Waals surface area (Å²) in [5.41, 5.74) is 0.742. The molecule has 3 aromatic heterocycles. The van der Waals surface area contributed by atoms with Crippen molar-refractivity contribution in [2.24, 2.45) is 0 Å². The van der Waals surface area contributed by atoms with Crippen LogP contribution in [-0.4, -0.2) is 39.4 Å². The highest BCUT2D eigenvalue weighted by Crippen LogP contribution is 2.24. The van der Waals surface area contributed by atoms with E-state index in [1.807, 2.05) is 13.8 Å². The zero-order valence-corrected chi connectivity index (χ0v) is 18.4. The quantitative estimate of drug-likeness (QED) is 0.423. The van der Waals surface area contributed by atoms with Crippen molar-refractivity contribution in [3.8, 4) is 28.9 Å².